The van der Waals surface area contributed by atoms with E-state index in [1.54, 1.807) is 0 Å². The predicted octanol–water partition coefficient (Wildman–Crippen LogP) is 3.88. The van der Waals surface area contributed by atoms with Crippen LogP contribution in [0.4, 0.5) is 8.78 Å². The molecule has 2 aromatic carbocycles. The SMILES string of the molecule is O=C(COc1ccc(Cl)c(F)c1)c1ccc(F)cc1. The van der Waals surface area contributed by atoms with Gasteiger partial charge in [-0.05, 0) is 36.4 Å². The summed E-state index contributed by atoms with van der Waals surface area (Å²) < 4.78 is 31.0. The molecule has 0 saturated carbocycles. The Bertz CT molecular complexity index is 597. The fourth-order valence-electron chi connectivity index (χ4n) is 1.43. The Labute approximate surface area is 113 Å². The Morgan fingerprint density at radius 1 is 1.11 bits per heavy atom. The molecule has 0 N–H and O–H groups in total. The molecule has 5 heteroatoms. The summed E-state index contributed by atoms with van der Waals surface area (Å²) in [6, 6.07) is 9.01. The van der Waals surface area contributed by atoms with Crippen LogP contribution in [-0.2, 0) is 0 Å². The number of rotatable bonds is 4. The average Bonchev–Trinajstić information content (AvgIpc) is 2.40. The quantitative estimate of drug-likeness (QED) is 0.796. The molecule has 0 heterocycles. The normalized spacial score (nSPS) is 10.3. The Morgan fingerprint density at radius 3 is 2.42 bits per heavy atom. The van der Waals surface area contributed by atoms with Gasteiger partial charge in [0.25, 0.3) is 0 Å². The van der Waals surface area contributed by atoms with Crippen molar-refractivity contribution in [3.63, 3.8) is 0 Å². The van der Waals surface area contributed by atoms with E-state index < -0.39 is 11.6 Å². The van der Waals surface area contributed by atoms with Crippen molar-refractivity contribution in [1.82, 2.24) is 0 Å². The molecule has 0 aromatic heterocycles. The van der Waals surface area contributed by atoms with Crippen molar-refractivity contribution in [3.05, 3.63) is 64.7 Å². The lowest BCUT2D eigenvalue weighted by atomic mass is 10.1. The van der Waals surface area contributed by atoms with Crippen LogP contribution in [0.15, 0.2) is 42.5 Å². The zero-order valence-corrected chi connectivity index (χ0v) is 10.5. The maximum atomic E-state index is 13.1. The molecule has 2 rings (SSSR count). The van der Waals surface area contributed by atoms with Crippen molar-refractivity contribution in [1.29, 1.82) is 0 Å². The Morgan fingerprint density at radius 2 is 1.79 bits per heavy atom. The highest BCUT2D eigenvalue weighted by Crippen LogP contribution is 2.20. The van der Waals surface area contributed by atoms with Crippen LogP contribution >= 0.6 is 11.6 Å². The number of ether oxygens (including phenoxy) is 1. The van der Waals surface area contributed by atoms with E-state index in [0.717, 1.165) is 6.07 Å². The van der Waals surface area contributed by atoms with Gasteiger partial charge in [0.15, 0.2) is 12.4 Å². The topological polar surface area (TPSA) is 26.3 Å². The molecule has 0 unspecified atom stereocenters. The van der Waals surface area contributed by atoms with Crippen LogP contribution < -0.4 is 4.74 Å². The molecule has 98 valence electrons. The molecule has 0 spiro atoms. The van der Waals surface area contributed by atoms with Crippen LogP contribution in [0.2, 0.25) is 5.02 Å². The van der Waals surface area contributed by atoms with E-state index in [-0.39, 0.29) is 23.2 Å². The second-order valence-electron chi connectivity index (χ2n) is 3.79. The lowest BCUT2D eigenvalue weighted by molar-refractivity contribution is 0.0921. The van der Waals surface area contributed by atoms with Crippen LogP contribution in [0, 0.1) is 11.6 Å². The van der Waals surface area contributed by atoms with Gasteiger partial charge >= 0.3 is 0 Å². The van der Waals surface area contributed by atoms with E-state index in [1.807, 2.05) is 0 Å². The van der Waals surface area contributed by atoms with Crippen molar-refractivity contribution in [3.8, 4) is 5.75 Å². The van der Waals surface area contributed by atoms with Crippen molar-refractivity contribution < 1.29 is 18.3 Å². The number of hydrogen-bond donors (Lipinski definition) is 0. The van der Waals surface area contributed by atoms with E-state index >= 15 is 0 Å². The minimum atomic E-state index is -0.617. The van der Waals surface area contributed by atoms with Crippen LogP contribution in [0.5, 0.6) is 5.75 Å². The molecular weight excluding hydrogens is 274 g/mol. The zero-order chi connectivity index (χ0) is 13.8. The molecule has 0 aliphatic heterocycles. The van der Waals surface area contributed by atoms with E-state index in [0.29, 0.717) is 5.56 Å². The summed E-state index contributed by atoms with van der Waals surface area (Å²) in [6.45, 7) is -0.257. The molecule has 0 fully saturated rings. The summed E-state index contributed by atoms with van der Waals surface area (Å²) in [6.07, 6.45) is 0. The van der Waals surface area contributed by atoms with Gasteiger partial charge < -0.3 is 4.74 Å². The minimum Gasteiger partial charge on any atom is -0.485 e. The number of halogens is 3. The lowest BCUT2D eigenvalue weighted by Crippen LogP contribution is -2.11. The number of hydrogen-bond acceptors (Lipinski definition) is 2. The second kappa shape index (κ2) is 5.80. The number of benzene rings is 2. The molecule has 19 heavy (non-hydrogen) atoms. The third kappa shape index (κ3) is 3.51. The number of carbonyl (C=O) groups excluding carboxylic acids is 1. The van der Waals surface area contributed by atoms with Crippen molar-refractivity contribution in [2.45, 2.75) is 0 Å². The fourth-order valence-corrected chi connectivity index (χ4v) is 1.55. The highest BCUT2D eigenvalue weighted by atomic mass is 35.5. The van der Waals surface area contributed by atoms with Gasteiger partial charge in [-0.15, -0.1) is 0 Å². The first-order chi connectivity index (χ1) is 9.06. The number of Topliss-reactive ketones (excluding diaryl/α,β-unsaturated/α-hetero) is 1. The summed E-state index contributed by atoms with van der Waals surface area (Å²) in [5.74, 6) is -1.15. The molecule has 0 aliphatic rings. The standard InChI is InChI=1S/C14H9ClF2O2/c15-12-6-5-11(7-13(12)17)19-8-14(18)9-1-3-10(16)4-2-9/h1-7H,8H2. The first kappa shape index (κ1) is 13.5. The third-order valence-corrected chi connectivity index (χ3v) is 2.73. The molecule has 0 amide bonds. The van der Waals surface area contributed by atoms with Gasteiger partial charge in [-0.25, -0.2) is 8.78 Å². The van der Waals surface area contributed by atoms with Crippen LogP contribution in [0.25, 0.3) is 0 Å². The summed E-state index contributed by atoms with van der Waals surface area (Å²) in [5.41, 5.74) is 0.329. The number of ketones is 1. The number of carbonyl (C=O) groups is 1. The van der Waals surface area contributed by atoms with Crippen molar-refractivity contribution >= 4 is 17.4 Å². The molecule has 0 bridgehead atoms. The molecule has 0 aliphatic carbocycles. The fraction of sp³-hybridized carbons (Fsp3) is 0.0714. The van der Waals surface area contributed by atoms with Gasteiger partial charge in [0, 0.05) is 11.6 Å². The predicted molar refractivity (Wildman–Crippen MR) is 67.6 cm³/mol. The highest BCUT2D eigenvalue weighted by Gasteiger charge is 2.08. The van der Waals surface area contributed by atoms with Gasteiger partial charge in [0.1, 0.15) is 17.4 Å². The average molecular weight is 283 g/mol. The summed E-state index contributed by atoms with van der Waals surface area (Å²) in [5, 5.41) is -0.0165. The largest absolute Gasteiger partial charge is 0.485 e. The van der Waals surface area contributed by atoms with Gasteiger partial charge in [0.05, 0.1) is 5.02 Å². The summed E-state index contributed by atoms with van der Waals surface area (Å²) >= 11 is 5.52. The third-order valence-electron chi connectivity index (χ3n) is 2.43. The molecular formula is C14H9ClF2O2. The van der Waals surface area contributed by atoms with E-state index in [1.165, 1.54) is 36.4 Å². The maximum absolute atomic E-state index is 13.1. The maximum Gasteiger partial charge on any atom is 0.200 e. The van der Waals surface area contributed by atoms with E-state index in [9.17, 15) is 13.6 Å². The molecule has 0 saturated heterocycles. The van der Waals surface area contributed by atoms with E-state index in [2.05, 4.69) is 0 Å². The Kier molecular flexibility index (Phi) is 4.12. The van der Waals surface area contributed by atoms with Gasteiger partial charge in [-0.3, -0.25) is 4.79 Å². The molecule has 2 nitrogen and oxygen atoms in total. The summed E-state index contributed by atoms with van der Waals surface area (Å²) in [7, 11) is 0. The second-order valence-corrected chi connectivity index (χ2v) is 4.20. The Hall–Kier alpha value is -1.94. The van der Waals surface area contributed by atoms with Crippen molar-refractivity contribution in [2.75, 3.05) is 6.61 Å². The molecule has 0 radical (unpaired) electrons. The van der Waals surface area contributed by atoms with Gasteiger partial charge in [0.2, 0.25) is 0 Å². The van der Waals surface area contributed by atoms with Crippen LogP contribution in [0.3, 0.4) is 0 Å². The minimum absolute atomic E-state index is 0.0165. The van der Waals surface area contributed by atoms with E-state index in [4.69, 9.17) is 16.3 Å². The van der Waals surface area contributed by atoms with Crippen molar-refractivity contribution in [2.24, 2.45) is 0 Å². The molecule has 2 aromatic rings. The monoisotopic (exact) mass is 282 g/mol. The Balaban J connectivity index is 2.00. The van der Waals surface area contributed by atoms with Crippen LogP contribution in [0.1, 0.15) is 10.4 Å². The molecule has 0 atom stereocenters. The first-order valence-electron chi connectivity index (χ1n) is 5.43. The lowest BCUT2D eigenvalue weighted by Gasteiger charge is -2.06. The van der Waals surface area contributed by atoms with Gasteiger partial charge in [-0.2, -0.15) is 0 Å². The van der Waals surface area contributed by atoms with Gasteiger partial charge in [-0.1, -0.05) is 11.6 Å². The highest BCUT2D eigenvalue weighted by molar-refractivity contribution is 6.30. The van der Waals surface area contributed by atoms with Crippen LogP contribution in [-0.4, -0.2) is 12.4 Å². The summed E-state index contributed by atoms with van der Waals surface area (Å²) in [4.78, 5) is 11.7. The first-order valence-corrected chi connectivity index (χ1v) is 5.80. The smallest absolute Gasteiger partial charge is 0.200 e. The zero-order valence-electron chi connectivity index (χ0n) is 9.70.